The highest BCUT2D eigenvalue weighted by atomic mass is 35.5. The van der Waals surface area contributed by atoms with Gasteiger partial charge in [0.2, 0.25) is 0 Å². The Morgan fingerprint density at radius 2 is 2.15 bits per heavy atom. The molecule has 1 heterocycles. The first-order valence-electron chi connectivity index (χ1n) is 6.10. The molecule has 1 unspecified atom stereocenters. The van der Waals surface area contributed by atoms with Crippen LogP contribution < -0.4 is 0 Å². The Morgan fingerprint density at radius 3 is 2.75 bits per heavy atom. The molecule has 106 valence electrons. The molecule has 1 atom stereocenters. The van der Waals surface area contributed by atoms with Gasteiger partial charge in [-0.15, -0.1) is 0 Å². The van der Waals surface area contributed by atoms with E-state index in [-0.39, 0.29) is 10.7 Å². The first-order valence-corrected chi connectivity index (χ1v) is 6.48. The summed E-state index contributed by atoms with van der Waals surface area (Å²) in [5.41, 5.74) is 1.29. The summed E-state index contributed by atoms with van der Waals surface area (Å²) in [6.45, 7) is 3.44. The van der Waals surface area contributed by atoms with Gasteiger partial charge < -0.3 is 9.52 Å². The summed E-state index contributed by atoms with van der Waals surface area (Å²) in [5, 5.41) is 20.2. The number of hydrogen-bond acceptors (Lipinski definition) is 4. The van der Waals surface area contributed by atoms with Crippen molar-refractivity contribution in [3.8, 4) is 11.3 Å². The monoisotopic (exact) mass is 295 g/mol. The van der Waals surface area contributed by atoms with Crippen LogP contribution in [0.5, 0.6) is 0 Å². The number of benzene rings is 1. The number of nitrogens with zero attached hydrogens (tertiary/aromatic N) is 1. The fourth-order valence-corrected chi connectivity index (χ4v) is 2.23. The highest BCUT2D eigenvalue weighted by Gasteiger charge is 2.17. The van der Waals surface area contributed by atoms with Crippen LogP contribution in [0.2, 0.25) is 5.02 Å². The molecule has 0 amide bonds. The maximum Gasteiger partial charge on any atom is 0.288 e. The van der Waals surface area contributed by atoms with Gasteiger partial charge in [0.25, 0.3) is 5.69 Å². The van der Waals surface area contributed by atoms with Crippen LogP contribution in [0.15, 0.2) is 28.7 Å². The molecule has 1 N–H and O–H groups in total. The normalized spacial score (nSPS) is 12.4. The molecule has 0 saturated heterocycles. The molecule has 20 heavy (non-hydrogen) atoms. The predicted octanol–water partition coefficient (Wildman–Crippen LogP) is 3.74. The van der Waals surface area contributed by atoms with Crippen LogP contribution in [0, 0.1) is 17.0 Å². The lowest BCUT2D eigenvalue weighted by molar-refractivity contribution is -0.384. The van der Waals surface area contributed by atoms with Gasteiger partial charge in [0.1, 0.15) is 16.5 Å². The first-order chi connectivity index (χ1) is 9.38. The molecule has 0 aliphatic heterocycles. The van der Waals surface area contributed by atoms with Crippen molar-refractivity contribution in [3.05, 3.63) is 50.7 Å². The van der Waals surface area contributed by atoms with E-state index in [4.69, 9.17) is 16.0 Å². The van der Waals surface area contributed by atoms with Crippen molar-refractivity contribution in [2.75, 3.05) is 0 Å². The minimum absolute atomic E-state index is 0.0732. The molecule has 5 nitrogen and oxygen atoms in total. The molecule has 0 bridgehead atoms. The maximum absolute atomic E-state index is 10.8. The van der Waals surface area contributed by atoms with Gasteiger partial charge in [-0.2, -0.15) is 0 Å². The average molecular weight is 296 g/mol. The summed E-state index contributed by atoms with van der Waals surface area (Å²) in [5.74, 6) is 1.24. The van der Waals surface area contributed by atoms with Crippen LogP contribution in [0.4, 0.5) is 5.69 Å². The van der Waals surface area contributed by atoms with Gasteiger partial charge in [-0.05, 0) is 37.6 Å². The molecular formula is C14H14ClNO4. The number of nitro benzene ring substituents is 1. The van der Waals surface area contributed by atoms with Gasteiger partial charge in [0.05, 0.1) is 11.0 Å². The smallest absolute Gasteiger partial charge is 0.288 e. The number of aryl methyl sites for hydroxylation is 1. The molecule has 0 aliphatic rings. The van der Waals surface area contributed by atoms with Crippen molar-refractivity contribution >= 4 is 17.3 Å². The standard InChI is InChI=1S/C14H14ClNO4/c1-8-5-13(16(18)19)12(15)7-11(8)14-4-3-10(20-14)6-9(2)17/h3-5,7,9,17H,6H2,1-2H3. The molecule has 6 heteroatoms. The molecule has 0 spiro atoms. The third-order valence-electron chi connectivity index (χ3n) is 2.91. The Hall–Kier alpha value is -1.85. The van der Waals surface area contributed by atoms with Crippen LogP contribution in [0.3, 0.4) is 0 Å². The lowest BCUT2D eigenvalue weighted by atomic mass is 10.1. The van der Waals surface area contributed by atoms with Gasteiger partial charge in [0.15, 0.2) is 0 Å². The minimum Gasteiger partial charge on any atom is -0.461 e. The summed E-state index contributed by atoms with van der Waals surface area (Å²) in [7, 11) is 0. The predicted molar refractivity (Wildman–Crippen MR) is 75.9 cm³/mol. The van der Waals surface area contributed by atoms with Gasteiger partial charge in [-0.25, -0.2) is 0 Å². The van der Waals surface area contributed by atoms with Crippen LogP contribution in [-0.4, -0.2) is 16.1 Å². The van der Waals surface area contributed by atoms with E-state index in [1.165, 1.54) is 12.1 Å². The lowest BCUT2D eigenvalue weighted by Crippen LogP contribution is -2.02. The second-order valence-electron chi connectivity index (χ2n) is 4.69. The van der Waals surface area contributed by atoms with Crippen molar-refractivity contribution in [1.29, 1.82) is 0 Å². The zero-order valence-corrected chi connectivity index (χ0v) is 11.8. The van der Waals surface area contributed by atoms with Crippen molar-refractivity contribution in [2.24, 2.45) is 0 Å². The van der Waals surface area contributed by atoms with Gasteiger partial charge in [0, 0.05) is 18.1 Å². The van der Waals surface area contributed by atoms with Crippen molar-refractivity contribution < 1.29 is 14.4 Å². The zero-order valence-electron chi connectivity index (χ0n) is 11.1. The van der Waals surface area contributed by atoms with Crippen molar-refractivity contribution in [3.63, 3.8) is 0 Å². The maximum atomic E-state index is 10.8. The van der Waals surface area contributed by atoms with E-state index in [0.717, 1.165) is 0 Å². The van der Waals surface area contributed by atoms with Gasteiger partial charge in [-0.1, -0.05) is 11.6 Å². The Kier molecular flexibility index (Phi) is 4.11. The first kappa shape index (κ1) is 14.6. The Balaban J connectivity index is 2.40. The zero-order chi connectivity index (χ0) is 14.9. The Morgan fingerprint density at radius 1 is 1.45 bits per heavy atom. The number of furan rings is 1. The highest BCUT2D eigenvalue weighted by molar-refractivity contribution is 6.33. The number of nitro groups is 1. The molecule has 2 aromatic rings. The number of rotatable bonds is 4. The highest BCUT2D eigenvalue weighted by Crippen LogP contribution is 2.34. The topological polar surface area (TPSA) is 76.5 Å². The van der Waals surface area contributed by atoms with Crippen LogP contribution >= 0.6 is 11.6 Å². The van der Waals surface area contributed by atoms with Crippen molar-refractivity contribution in [1.82, 2.24) is 0 Å². The summed E-state index contributed by atoms with van der Waals surface area (Å²) in [6, 6.07) is 6.49. The summed E-state index contributed by atoms with van der Waals surface area (Å²) in [6.07, 6.45) is -0.0738. The van der Waals surface area contributed by atoms with E-state index in [1.54, 1.807) is 26.0 Å². The summed E-state index contributed by atoms with van der Waals surface area (Å²) in [4.78, 5) is 10.3. The number of aliphatic hydroxyl groups excluding tert-OH is 1. The molecule has 0 fully saturated rings. The molecule has 0 radical (unpaired) electrons. The van der Waals surface area contributed by atoms with E-state index in [0.29, 0.717) is 29.1 Å². The molecule has 1 aromatic carbocycles. The number of aliphatic hydroxyl groups is 1. The molecule has 0 aliphatic carbocycles. The van der Waals surface area contributed by atoms with Crippen LogP contribution in [0.1, 0.15) is 18.2 Å². The van der Waals surface area contributed by atoms with E-state index < -0.39 is 11.0 Å². The van der Waals surface area contributed by atoms with Crippen molar-refractivity contribution in [2.45, 2.75) is 26.4 Å². The summed E-state index contributed by atoms with van der Waals surface area (Å²) < 4.78 is 5.63. The lowest BCUT2D eigenvalue weighted by Gasteiger charge is -2.05. The number of hydrogen-bond donors (Lipinski definition) is 1. The van der Waals surface area contributed by atoms with E-state index >= 15 is 0 Å². The second-order valence-corrected chi connectivity index (χ2v) is 5.10. The van der Waals surface area contributed by atoms with E-state index in [1.807, 2.05) is 0 Å². The summed E-state index contributed by atoms with van der Waals surface area (Å²) >= 11 is 5.91. The number of halogens is 1. The van der Waals surface area contributed by atoms with Gasteiger partial charge in [-0.3, -0.25) is 10.1 Å². The second kappa shape index (κ2) is 5.64. The van der Waals surface area contributed by atoms with Crippen LogP contribution in [0.25, 0.3) is 11.3 Å². The molecule has 2 rings (SSSR count). The molecular weight excluding hydrogens is 282 g/mol. The van der Waals surface area contributed by atoms with Crippen LogP contribution in [-0.2, 0) is 6.42 Å². The van der Waals surface area contributed by atoms with E-state index in [9.17, 15) is 15.2 Å². The fraction of sp³-hybridized carbons (Fsp3) is 0.286. The Labute approximate surface area is 120 Å². The molecule has 0 saturated carbocycles. The average Bonchev–Trinajstić information content (AvgIpc) is 2.78. The van der Waals surface area contributed by atoms with Gasteiger partial charge >= 0.3 is 0 Å². The SMILES string of the molecule is Cc1cc([N+](=O)[O-])c(Cl)cc1-c1ccc(CC(C)O)o1. The third kappa shape index (κ3) is 3.00. The third-order valence-corrected chi connectivity index (χ3v) is 3.22. The molecule has 1 aromatic heterocycles. The Bertz CT molecular complexity index is 649. The van der Waals surface area contributed by atoms with E-state index in [2.05, 4.69) is 0 Å². The minimum atomic E-state index is -0.514. The fourth-order valence-electron chi connectivity index (χ4n) is 2.00. The largest absolute Gasteiger partial charge is 0.461 e. The quantitative estimate of drug-likeness (QED) is 0.688.